The van der Waals surface area contributed by atoms with Gasteiger partial charge in [0.15, 0.2) is 0 Å². The Bertz CT molecular complexity index is 490. The Morgan fingerprint density at radius 1 is 1.47 bits per heavy atom. The molecule has 0 heterocycles. The summed E-state index contributed by atoms with van der Waals surface area (Å²) in [4.78, 5) is 0. The molecule has 3 nitrogen and oxygen atoms in total. The zero-order valence-corrected chi connectivity index (χ0v) is 12.9. The number of sulfone groups is 1. The van der Waals surface area contributed by atoms with Crippen LogP contribution in [0.1, 0.15) is 18.5 Å². The number of nitrogens with one attached hydrogen (secondary N) is 1. The van der Waals surface area contributed by atoms with Crippen LogP contribution in [0.5, 0.6) is 0 Å². The maximum atomic E-state index is 11.0. The third-order valence-electron chi connectivity index (χ3n) is 2.35. The van der Waals surface area contributed by atoms with E-state index in [2.05, 4.69) is 21.2 Å². The molecule has 6 heteroatoms. The number of rotatable bonds is 5. The first-order valence-corrected chi connectivity index (χ1v) is 8.39. The molecular formula is C11H15BrClNO2S. The minimum absolute atomic E-state index is 0.0253. The zero-order chi connectivity index (χ0) is 13.1. The summed E-state index contributed by atoms with van der Waals surface area (Å²) in [5.74, 6) is 0.130. The third kappa shape index (κ3) is 5.38. The summed E-state index contributed by atoms with van der Waals surface area (Å²) < 4.78 is 22.9. The molecule has 0 spiro atoms. The molecule has 1 aromatic carbocycles. The van der Waals surface area contributed by atoms with Gasteiger partial charge < -0.3 is 5.32 Å². The molecule has 0 aromatic heterocycles. The fraction of sp³-hybridized carbons (Fsp3) is 0.455. The van der Waals surface area contributed by atoms with Crippen LogP contribution >= 0.6 is 27.5 Å². The fourth-order valence-corrected chi connectivity index (χ4v) is 2.75. The van der Waals surface area contributed by atoms with E-state index in [-0.39, 0.29) is 11.8 Å². The molecule has 0 amide bonds. The Balaban J connectivity index is 2.61. The van der Waals surface area contributed by atoms with Crippen LogP contribution in [0.25, 0.3) is 0 Å². The minimum Gasteiger partial charge on any atom is -0.309 e. The maximum Gasteiger partial charge on any atom is 0.148 e. The summed E-state index contributed by atoms with van der Waals surface area (Å²) in [5.41, 5.74) is 0.961. The Labute approximate surface area is 116 Å². The van der Waals surface area contributed by atoms with E-state index < -0.39 is 9.84 Å². The van der Waals surface area contributed by atoms with Crippen LogP contribution in [0.4, 0.5) is 0 Å². The number of hydrogen-bond donors (Lipinski definition) is 1. The SMILES string of the molecule is CC(NCCS(C)(=O)=O)c1ccc(Br)cc1Cl. The van der Waals surface area contributed by atoms with E-state index in [1.54, 1.807) is 0 Å². The first kappa shape index (κ1) is 15.0. The van der Waals surface area contributed by atoms with Gasteiger partial charge in [-0.3, -0.25) is 0 Å². The minimum atomic E-state index is -2.92. The lowest BCUT2D eigenvalue weighted by molar-refractivity contribution is 0.576. The predicted octanol–water partition coefficient (Wildman–Crippen LogP) is 2.80. The molecule has 0 aliphatic rings. The van der Waals surface area contributed by atoms with Crippen molar-refractivity contribution in [3.63, 3.8) is 0 Å². The highest BCUT2D eigenvalue weighted by atomic mass is 79.9. The highest BCUT2D eigenvalue weighted by molar-refractivity contribution is 9.10. The van der Waals surface area contributed by atoms with E-state index in [9.17, 15) is 8.42 Å². The highest BCUT2D eigenvalue weighted by Gasteiger charge is 2.10. The molecule has 0 saturated carbocycles. The summed E-state index contributed by atoms with van der Waals surface area (Å²) >= 11 is 9.44. The van der Waals surface area contributed by atoms with E-state index in [4.69, 9.17) is 11.6 Å². The van der Waals surface area contributed by atoms with Gasteiger partial charge in [-0.15, -0.1) is 0 Å². The molecule has 1 atom stereocenters. The smallest absolute Gasteiger partial charge is 0.148 e. The first-order valence-electron chi connectivity index (χ1n) is 5.15. The van der Waals surface area contributed by atoms with Crippen LogP contribution in [0.3, 0.4) is 0 Å². The van der Waals surface area contributed by atoms with Crippen molar-refractivity contribution in [2.45, 2.75) is 13.0 Å². The Kier molecular flexibility index (Phi) is 5.44. The van der Waals surface area contributed by atoms with Crippen molar-refractivity contribution < 1.29 is 8.42 Å². The molecule has 1 N–H and O–H groups in total. The summed E-state index contributed by atoms with van der Waals surface area (Å²) in [5, 5.41) is 3.80. The Morgan fingerprint density at radius 2 is 2.12 bits per heavy atom. The predicted molar refractivity (Wildman–Crippen MR) is 75.3 cm³/mol. The van der Waals surface area contributed by atoms with Crippen molar-refractivity contribution in [1.29, 1.82) is 0 Å². The van der Waals surface area contributed by atoms with Gasteiger partial charge in [-0.05, 0) is 24.6 Å². The van der Waals surface area contributed by atoms with Crippen molar-refractivity contribution in [3.8, 4) is 0 Å². The van der Waals surface area contributed by atoms with E-state index in [1.165, 1.54) is 6.26 Å². The van der Waals surface area contributed by atoms with Crippen LogP contribution in [0.15, 0.2) is 22.7 Å². The lowest BCUT2D eigenvalue weighted by Gasteiger charge is -2.15. The monoisotopic (exact) mass is 339 g/mol. The molecule has 0 saturated heterocycles. The van der Waals surface area contributed by atoms with E-state index in [1.807, 2.05) is 25.1 Å². The van der Waals surface area contributed by atoms with Crippen molar-refractivity contribution in [1.82, 2.24) is 5.32 Å². The van der Waals surface area contributed by atoms with Crippen molar-refractivity contribution in [2.24, 2.45) is 0 Å². The summed E-state index contributed by atoms with van der Waals surface area (Å²) in [6, 6.07) is 5.68. The summed E-state index contributed by atoms with van der Waals surface area (Å²) in [6.45, 7) is 2.38. The molecule has 0 aliphatic carbocycles. The van der Waals surface area contributed by atoms with E-state index in [0.29, 0.717) is 11.6 Å². The Hall–Kier alpha value is -0.100. The standard InChI is InChI=1S/C11H15BrClNO2S/c1-8(14-5-6-17(2,15)16)10-4-3-9(12)7-11(10)13/h3-4,7-8,14H,5-6H2,1-2H3. The maximum absolute atomic E-state index is 11.0. The second-order valence-electron chi connectivity index (χ2n) is 3.97. The second-order valence-corrected chi connectivity index (χ2v) is 7.55. The normalized spacial score (nSPS) is 13.6. The van der Waals surface area contributed by atoms with Gasteiger partial charge in [0.1, 0.15) is 9.84 Å². The average Bonchev–Trinajstić information content (AvgIpc) is 2.15. The summed E-state index contributed by atoms with van der Waals surface area (Å²) in [7, 11) is -2.92. The first-order chi connectivity index (χ1) is 7.79. The average molecular weight is 341 g/mol. The fourth-order valence-electron chi connectivity index (χ4n) is 1.42. The molecule has 1 unspecified atom stereocenters. The molecule has 17 heavy (non-hydrogen) atoms. The van der Waals surface area contributed by atoms with Gasteiger partial charge >= 0.3 is 0 Å². The van der Waals surface area contributed by atoms with Gasteiger partial charge in [-0.25, -0.2) is 8.42 Å². The molecular weight excluding hydrogens is 326 g/mol. The quantitative estimate of drug-likeness (QED) is 0.896. The molecule has 1 rings (SSSR count). The van der Waals surface area contributed by atoms with Gasteiger partial charge in [-0.2, -0.15) is 0 Å². The molecule has 1 aromatic rings. The largest absolute Gasteiger partial charge is 0.309 e. The van der Waals surface area contributed by atoms with Crippen LogP contribution in [0, 0.1) is 0 Å². The van der Waals surface area contributed by atoms with E-state index >= 15 is 0 Å². The summed E-state index contributed by atoms with van der Waals surface area (Å²) in [6.07, 6.45) is 1.23. The van der Waals surface area contributed by atoms with Gasteiger partial charge in [0.25, 0.3) is 0 Å². The van der Waals surface area contributed by atoms with Gasteiger partial charge in [0, 0.05) is 28.3 Å². The second kappa shape index (κ2) is 6.18. The zero-order valence-electron chi connectivity index (χ0n) is 9.70. The number of hydrogen-bond acceptors (Lipinski definition) is 3. The topological polar surface area (TPSA) is 46.2 Å². The van der Waals surface area contributed by atoms with Crippen LogP contribution in [-0.2, 0) is 9.84 Å². The molecule has 96 valence electrons. The van der Waals surface area contributed by atoms with Crippen molar-refractivity contribution in [2.75, 3.05) is 18.6 Å². The van der Waals surface area contributed by atoms with Crippen LogP contribution in [-0.4, -0.2) is 27.0 Å². The third-order valence-corrected chi connectivity index (χ3v) is 4.12. The van der Waals surface area contributed by atoms with Gasteiger partial charge in [0.2, 0.25) is 0 Å². The number of halogens is 2. The van der Waals surface area contributed by atoms with Crippen molar-refractivity contribution in [3.05, 3.63) is 33.3 Å². The number of benzene rings is 1. The van der Waals surface area contributed by atoms with Gasteiger partial charge in [0.05, 0.1) is 5.75 Å². The molecule has 0 aliphatic heterocycles. The molecule has 0 bridgehead atoms. The Morgan fingerprint density at radius 3 is 2.65 bits per heavy atom. The van der Waals surface area contributed by atoms with Crippen LogP contribution in [0.2, 0.25) is 5.02 Å². The highest BCUT2D eigenvalue weighted by Crippen LogP contribution is 2.26. The van der Waals surface area contributed by atoms with Gasteiger partial charge in [-0.1, -0.05) is 33.6 Å². The van der Waals surface area contributed by atoms with Crippen molar-refractivity contribution >= 4 is 37.4 Å². The molecule has 0 radical (unpaired) electrons. The lowest BCUT2D eigenvalue weighted by atomic mass is 10.1. The molecule has 0 fully saturated rings. The lowest BCUT2D eigenvalue weighted by Crippen LogP contribution is -2.25. The van der Waals surface area contributed by atoms with Crippen LogP contribution < -0.4 is 5.32 Å². The van der Waals surface area contributed by atoms with E-state index in [0.717, 1.165) is 10.0 Å².